The number of alkyl halides is 3. The van der Waals surface area contributed by atoms with Gasteiger partial charge in [-0.05, 0) is 52.5 Å². The lowest BCUT2D eigenvalue weighted by Crippen LogP contribution is -2.45. The molecule has 3 aromatic rings. The summed E-state index contributed by atoms with van der Waals surface area (Å²) >= 11 is 3.31. The van der Waals surface area contributed by atoms with Gasteiger partial charge in [-0.25, -0.2) is 4.98 Å². The lowest BCUT2D eigenvalue weighted by molar-refractivity contribution is -0.128. The van der Waals surface area contributed by atoms with Crippen molar-refractivity contribution in [2.24, 2.45) is 0 Å². The Balaban J connectivity index is 1.72. The van der Waals surface area contributed by atoms with E-state index in [2.05, 4.69) is 43.4 Å². The van der Waals surface area contributed by atoms with E-state index < -0.39 is 12.6 Å². The first-order valence-corrected chi connectivity index (χ1v) is 10.4. The van der Waals surface area contributed by atoms with Gasteiger partial charge in [-0.2, -0.15) is 13.2 Å². The van der Waals surface area contributed by atoms with Crippen molar-refractivity contribution in [3.05, 3.63) is 70.1 Å². The van der Waals surface area contributed by atoms with Crippen LogP contribution in [0.15, 0.2) is 53.1 Å². The van der Waals surface area contributed by atoms with E-state index in [1.807, 2.05) is 13.0 Å². The minimum Gasteiger partial charge on any atom is -0.337 e. The summed E-state index contributed by atoms with van der Waals surface area (Å²) in [7, 11) is 0. The van der Waals surface area contributed by atoms with Gasteiger partial charge in [0, 0.05) is 11.8 Å². The highest BCUT2D eigenvalue weighted by Gasteiger charge is 2.31. The van der Waals surface area contributed by atoms with E-state index in [0.29, 0.717) is 22.1 Å². The van der Waals surface area contributed by atoms with Crippen LogP contribution in [-0.4, -0.2) is 34.2 Å². The quantitative estimate of drug-likeness (QED) is 0.398. The molecule has 1 amide bonds. The number of amides is 1. The zero-order valence-corrected chi connectivity index (χ0v) is 18.2. The second-order valence-electron chi connectivity index (χ2n) is 6.73. The third-order valence-electron chi connectivity index (χ3n) is 4.46. The molecular weight excluding hydrogens is 473 g/mol. The summed E-state index contributed by atoms with van der Waals surface area (Å²) in [5.74, 6) is 5.34. The van der Waals surface area contributed by atoms with Crippen LogP contribution in [0.1, 0.15) is 35.1 Å². The van der Waals surface area contributed by atoms with Crippen LogP contribution >= 0.6 is 15.9 Å². The Hall–Kier alpha value is -2.83. The first-order valence-electron chi connectivity index (χ1n) is 9.59. The number of hydrogen-bond acceptors (Lipinski definition) is 3. The fourth-order valence-corrected chi connectivity index (χ4v) is 3.41. The van der Waals surface area contributed by atoms with Gasteiger partial charge >= 0.3 is 6.18 Å². The number of benzene rings is 1. The largest absolute Gasteiger partial charge is 0.394 e. The fourth-order valence-electron chi connectivity index (χ4n) is 2.97. The van der Waals surface area contributed by atoms with E-state index in [-0.39, 0.29) is 30.0 Å². The maximum absolute atomic E-state index is 13.1. The van der Waals surface area contributed by atoms with E-state index in [1.54, 1.807) is 36.4 Å². The maximum Gasteiger partial charge on any atom is 0.394 e. The van der Waals surface area contributed by atoms with Gasteiger partial charge in [-0.1, -0.05) is 31.0 Å². The van der Waals surface area contributed by atoms with E-state index in [0.717, 1.165) is 0 Å². The predicted molar refractivity (Wildman–Crippen MR) is 116 cm³/mol. The monoisotopic (exact) mass is 492 g/mol. The van der Waals surface area contributed by atoms with Crippen molar-refractivity contribution in [2.45, 2.75) is 32.1 Å². The van der Waals surface area contributed by atoms with Crippen molar-refractivity contribution < 1.29 is 18.0 Å². The van der Waals surface area contributed by atoms with Crippen LogP contribution in [0.5, 0.6) is 0 Å². The molecule has 3 rings (SSSR count). The summed E-state index contributed by atoms with van der Waals surface area (Å²) < 4.78 is 41.2. The molecule has 0 radical (unpaired) electrons. The number of hydrogen-bond donors (Lipinski definition) is 2. The Labute approximate surface area is 186 Å². The molecule has 1 unspecified atom stereocenters. The van der Waals surface area contributed by atoms with E-state index in [9.17, 15) is 18.0 Å². The van der Waals surface area contributed by atoms with Crippen molar-refractivity contribution in [3.8, 4) is 11.8 Å². The number of rotatable bonds is 6. The summed E-state index contributed by atoms with van der Waals surface area (Å²) in [5, 5.41) is 5.94. The molecular formula is C22H20BrF3N4O. The highest BCUT2D eigenvalue weighted by atomic mass is 79.9. The lowest BCUT2D eigenvalue weighted by atomic mass is 10.2. The van der Waals surface area contributed by atoms with Crippen molar-refractivity contribution in [2.75, 3.05) is 6.54 Å². The SMILES string of the molecule is CCC(NCC#Cc1nc2c(Br)cccn2c1CC(F)(F)F)NC(=O)c1ccccc1. The zero-order valence-electron chi connectivity index (χ0n) is 16.6. The van der Waals surface area contributed by atoms with Crippen molar-refractivity contribution in [1.82, 2.24) is 20.0 Å². The Morgan fingerprint density at radius 1 is 1.23 bits per heavy atom. The first-order chi connectivity index (χ1) is 14.8. The van der Waals surface area contributed by atoms with Crippen LogP contribution < -0.4 is 10.6 Å². The van der Waals surface area contributed by atoms with Crippen LogP contribution in [0.25, 0.3) is 5.65 Å². The van der Waals surface area contributed by atoms with E-state index >= 15 is 0 Å². The van der Waals surface area contributed by atoms with Gasteiger partial charge < -0.3 is 9.72 Å². The molecule has 0 aliphatic rings. The normalized spacial score (nSPS) is 12.3. The average molecular weight is 493 g/mol. The molecule has 1 atom stereocenters. The number of imidazole rings is 1. The van der Waals surface area contributed by atoms with Gasteiger partial charge in [0.2, 0.25) is 0 Å². The van der Waals surface area contributed by atoms with Crippen LogP contribution in [-0.2, 0) is 6.42 Å². The summed E-state index contributed by atoms with van der Waals surface area (Å²) in [6.45, 7) is 2.07. The topological polar surface area (TPSA) is 58.4 Å². The van der Waals surface area contributed by atoms with Crippen LogP contribution in [0.4, 0.5) is 13.2 Å². The molecule has 0 fully saturated rings. The number of halogens is 4. The second kappa shape index (κ2) is 9.98. The van der Waals surface area contributed by atoms with Crippen molar-refractivity contribution in [3.63, 3.8) is 0 Å². The summed E-state index contributed by atoms with van der Waals surface area (Å²) in [5.41, 5.74) is 0.981. The molecule has 9 heteroatoms. The number of nitrogens with one attached hydrogen (secondary N) is 2. The number of carbonyl (C=O) groups excluding carboxylic acids is 1. The minimum atomic E-state index is -4.39. The predicted octanol–water partition coefficient (Wildman–Crippen LogP) is 4.31. The fraction of sp³-hybridized carbons (Fsp3) is 0.273. The molecule has 1 aromatic carbocycles. The molecule has 0 aliphatic carbocycles. The summed E-state index contributed by atoms with van der Waals surface area (Å²) in [6, 6.07) is 12.2. The van der Waals surface area contributed by atoms with E-state index in [1.165, 1.54) is 10.6 Å². The number of fused-ring (bicyclic) bond motifs is 1. The smallest absolute Gasteiger partial charge is 0.337 e. The highest BCUT2D eigenvalue weighted by Crippen LogP contribution is 2.26. The molecule has 2 N–H and O–H groups in total. The number of aromatic nitrogens is 2. The van der Waals surface area contributed by atoms with Gasteiger partial charge in [-0.15, -0.1) is 0 Å². The third kappa shape index (κ3) is 6.09. The molecule has 0 bridgehead atoms. The molecule has 162 valence electrons. The van der Waals surface area contributed by atoms with Gasteiger partial charge in [0.1, 0.15) is 5.69 Å². The van der Waals surface area contributed by atoms with Crippen LogP contribution in [0.2, 0.25) is 0 Å². The van der Waals surface area contributed by atoms with Crippen molar-refractivity contribution >= 4 is 27.5 Å². The summed E-state index contributed by atoms with van der Waals surface area (Å²) in [6.07, 6.45) is -3.70. The standard InChI is InChI=1S/C22H20BrF3N4O/c1-2-19(29-21(31)15-8-4-3-5-9-15)27-12-6-11-17-18(14-22(24,25)26)30-13-7-10-16(23)20(30)28-17/h3-5,7-10,13,19,27H,2,12,14H2,1H3,(H,29,31). The highest BCUT2D eigenvalue weighted by molar-refractivity contribution is 9.10. The van der Waals surface area contributed by atoms with Crippen LogP contribution in [0.3, 0.4) is 0 Å². The Bertz CT molecular complexity index is 1120. The molecule has 0 saturated carbocycles. The maximum atomic E-state index is 13.1. The zero-order chi connectivity index (χ0) is 22.4. The Morgan fingerprint density at radius 3 is 2.65 bits per heavy atom. The average Bonchev–Trinajstić information content (AvgIpc) is 3.08. The number of pyridine rings is 1. The second-order valence-corrected chi connectivity index (χ2v) is 7.59. The van der Waals surface area contributed by atoms with E-state index in [4.69, 9.17) is 0 Å². The third-order valence-corrected chi connectivity index (χ3v) is 5.08. The minimum absolute atomic E-state index is 0.0132. The van der Waals surface area contributed by atoms with Gasteiger partial charge in [-0.3, -0.25) is 10.1 Å². The molecule has 0 spiro atoms. The molecule has 5 nitrogen and oxygen atoms in total. The Kier molecular flexibility index (Phi) is 7.36. The Morgan fingerprint density at radius 2 is 1.97 bits per heavy atom. The number of carbonyl (C=O) groups is 1. The summed E-state index contributed by atoms with van der Waals surface area (Å²) in [4.78, 5) is 16.5. The lowest BCUT2D eigenvalue weighted by Gasteiger charge is -2.17. The molecule has 0 saturated heterocycles. The molecule has 2 aromatic heterocycles. The van der Waals surface area contributed by atoms with Crippen LogP contribution in [0, 0.1) is 11.8 Å². The molecule has 0 aliphatic heterocycles. The molecule has 2 heterocycles. The van der Waals surface area contributed by atoms with Gasteiger partial charge in [0.15, 0.2) is 5.65 Å². The molecule has 31 heavy (non-hydrogen) atoms. The van der Waals surface area contributed by atoms with Gasteiger partial charge in [0.25, 0.3) is 5.91 Å². The first kappa shape index (κ1) is 22.8. The van der Waals surface area contributed by atoms with Gasteiger partial charge in [0.05, 0.1) is 29.3 Å². The number of nitrogens with zero attached hydrogens (tertiary/aromatic N) is 2. The van der Waals surface area contributed by atoms with Crippen molar-refractivity contribution in [1.29, 1.82) is 0 Å².